The number of hydrogen-bond acceptors (Lipinski definition) is 6. The molecule has 0 saturated heterocycles. The van der Waals surface area contributed by atoms with Crippen molar-refractivity contribution in [3.8, 4) is 34.1 Å². The molecule has 4 aromatic rings. The van der Waals surface area contributed by atoms with Gasteiger partial charge in [-0.15, -0.1) is 0 Å². The van der Waals surface area contributed by atoms with Crippen LogP contribution in [0, 0.1) is 6.92 Å². The maximum atomic E-state index is 13.2. The van der Waals surface area contributed by atoms with Gasteiger partial charge in [-0.2, -0.15) is 0 Å². The summed E-state index contributed by atoms with van der Waals surface area (Å²) in [6.07, 6.45) is 1.60. The number of carbonyl (C=O) groups excluding carboxylic acids is 1. The third-order valence-corrected chi connectivity index (χ3v) is 5.06. The van der Waals surface area contributed by atoms with Crippen molar-refractivity contribution < 1.29 is 28.2 Å². The molecule has 3 aromatic carbocycles. The van der Waals surface area contributed by atoms with Crippen molar-refractivity contribution in [2.45, 2.75) is 6.92 Å². The molecule has 0 unspecified atom stereocenters. The second kappa shape index (κ2) is 8.44. The van der Waals surface area contributed by atoms with E-state index in [1.807, 2.05) is 37.3 Å². The van der Waals surface area contributed by atoms with Crippen molar-refractivity contribution in [1.82, 2.24) is 0 Å². The molecule has 0 fully saturated rings. The van der Waals surface area contributed by atoms with Crippen molar-refractivity contribution in [2.75, 3.05) is 21.3 Å². The molecule has 6 nitrogen and oxygen atoms in total. The lowest BCUT2D eigenvalue weighted by Gasteiger charge is -2.11. The van der Waals surface area contributed by atoms with Gasteiger partial charge in [-0.1, -0.05) is 18.2 Å². The van der Waals surface area contributed by atoms with Gasteiger partial charge in [-0.05, 0) is 42.3 Å². The van der Waals surface area contributed by atoms with Crippen LogP contribution in [0.5, 0.6) is 23.0 Å². The standard InChI is InChI=1S/C25H22O6/c1-15-7-5-6-8-22(15)31-25(26)20-12-19(29-4)13-23-24(20)21(14-30-23)16-9-17(27-2)11-18(10-16)28-3/h5-14H,1-4H3. The molecule has 1 heterocycles. The molecular weight excluding hydrogens is 396 g/mol. The molecule has 0 aliphatic rings. The Morgan fingerprint density at radius 3 is 2.13 bits per heavy atom. The average Bonchev–Trinajstić information content (AvgIpc) is 3.23. The molecule has 158 valence electrons. The van der Waals surface area contributed by atoms with Gasteiger partial charge >= 0.3 is 5.97 Å². The largest absolute Gasteiger partial charge is 0.497 e. The van der Waals surface area contributed by atoms with E-state index in [4.69, 9.17) is 23.4 Å². The predicted octanol–water partition coefficient (Wildman–Crippen LogP) is 5.65. The number of carbonyl (C=O) groups is 1. The molecule has 1 aromatic heterocycles. The van der Waals surface area contributed by atoms with Gasteiger partial charge in [0.1, 0.15) is 28.6 Å². The van der Waals surface area contributed by atoms with Crippen LogP contribution < -0.4 is 18.9 Å². The molecule has 0 aliphatic carbocycles. The van der Waals surface area contributed by atoms with Crippen molar-refractivity contribution in [1.29, 1.82) is 0 Å². The van der Waals surface area contributed by atoms with Gasteiger partial charge in [0.2, 0.25) is 0 Å². The third kappa shape index (κ3) is 3.92. The van der Waals surface area contributed by atoms with Gasteiger partial charge < -0.3 is 23.4 Å². The number of furan rings is 1. The summed E-state index contributed by atoms with van der Waals surface area (Å²) < 4.78 is 27.6. The molecule has 0 atom stereocenters. The van der Waals surface area contributed by atoms with Crippen molar-refractivity contribution in [3.05, 3.63) is 72.0 Å². The minimum absolute atomic E-state index is 0.336. The molecule has 4 rings (SSSR count). The van der Waals surface area contributed by atoms with Crippen LogP contribution in [0.15, 0.2) is 65.3 Å². The molecule has 0 radical (unpaired) electrons. The van der Waals surface area contributed by atoms with E-state index in [1.165, 1.54) is 7.11 Å². The first-order valence-electron chi connectivity index (χ1n) is 9.64. The van der Waals surface area contributed by atoms with Crippen molar-refractivity contribution >= 4 is 16.9 Å². The minimum atomic E-state index is -0.504. The summed E-state index contributed by atoms with van der Waals surface area (Å²) in [4.78, 5) is 13.2. The maximum absolute atomic E-state index is 13.2. The van der Waals surface area contributed by atoms with Gasteiger partial charge in [0, 0.05) is 23.1 Å². The van der Waals surface area contributed by atoms with Crippen LogP contribution in [0.2, 0.25) is 0 Å². The number of methoxy groups -OCH3 is 3. The van der Waals surface area contributed by atoms with Gasteiger partial charge in [-0.25, -0.2) is 4.79 Å². The zero-order valence-corrected chi connectivity index (χ0v) is 17.7. The average molecular weight is 418 g/mol. The van der Waals surface area contributed by atoms with Crippen LogP contribution in [0.4, 0.5) is 0 Å². The summed E-state index contributed by atoms with van der Waals surface area (Å²) in [6.45, 7) is 1.88. The smallest absolute Gasteiger partial charge is 0.344 e. The van der Waals surface area contributed by atoms with Gasteiger partial charge in [0.25, 0.3) is 0 Å². The highest BCUT2D eigenvalue weighted by Gasteiger charge is 2.22. The summed E-state index contributed by atoms with van der Waals surface area (Å²) >= 11 is 0. The SMILES string of the molecule is COc1cc(OC)cc(-c2coc3cc(OC)cc(C(=O)Oc4ccccc4C)c23)c1. The molecule has 6 heteroatoms. The molecule has 0 saturated carbocycles. The van der Waals surface area contributed by atoms with E-state index in [1.54, 1.807) is 44.7 Å². The number of rotatable bonds is 6. The number of benzene rings is 3. The number of ether oxygens (including phenoxy) is 4. The Balaban J connectivity index is 1.88. The topological polar surface area (TPSA) is 67.1 Å². The van der Waals surface area contributed by atoms with Gasteiger partial charge in [-0.3, -0.25) is 0 Å². The number of fused-ring (bicyclic) bond motifs is 1. The molecular formula is C25H22O6. The second-order valence-corrected chi connectivity index (χ2v) is 6.95. The zero-order chi connectivity index (χ0) is 22.0. The Morgan fingerprint density at radius 1 is 0.839 bits per heavy atom. The number of aryl methyl sites for hydroxylation is 1. The van der Waals surface area contributed by atoms with E-state index in [0.717, 1.165) is 11.1 Å². The Kier molecular flexibility index (Phi) is 5.54. The first-order chi connectivity index (χ1) is 15.0. The monoisotopic (exact) mass is 418 g/mol. The van der Waals surface area contributed by atoms with Crippen LogP contribution in [0.3, 0.4) is 0 Å². The lowest BCUT2D eigenvalue weighted by molar-refractivity contribution is 0.0735. The number of para-hydroxylation sites is 1. The fraction of sp³-hybridized carbons (Fsp3) is 0.160. The lowest BCUT2D eigenvalue weighted by Crippen LogP contribution is -2.10. The van der Waals surface area contributed by atoms with E-state index >= 15 is 0 Å². The normalized spacial score (nSPS) is 10.7. The first-order valence-corrected chi connectivity index (χ1v) is 9.64. The number of hydrogen-bond donors (Lipinski definition) is 0. The summed E-state index contributed by atoms with van der Waals surface area (Å²) in [7, 11) is 4.71. The van der Waals surface area contributed by atoms with Crippen LogP contribution in [-0.4, -0.2) is 27.3 Å². The van der Waals surface area contributed by atoms with Crippen molar-refractivity contribution in [2.24, 2.45) is 0 Å². The maximum Gasteiger partial charge on any atom is 0.344 e. The Morgan fingerprint density at radius 2 is 1.48 bits per heavy atom. The van der Waals surface area contributed by atoms with Crippen LogP contribution in [-0.2, 0) is 0 Å². The Labute approximate surface area is 179 Å². The van der Waals surface area contributed by atoms with E-state index in [9.17, 15) is 4.79 Å². The second-order valence-electron chi connectivity index (χ2n) is 6.95. The zero-order valence-electron chi connectivity index (χ0n) is 17.7. The fourth-order valence-electron chi connectivity index (χ4n) is 3.42. The quantitative estimate of drug-likeness (QED) is 0.298. The Bertz CT molecular complexity index is 1230. The van der Waals surface area contributed by atoms with Crippen LogP contribution in [0.1, 0.15) is 15.9 Å². The molecule has 0 amide bonds. The molecule has 0 spiro atoms. The highest BCUT2D eigenvalue weighted by molar-refractivity contribution is 6.10. The van der Waals surface area contributed by atoms with Gasteiger partial charge in [0.05, 0.1) is 33.2 Å². The van der Waals surface area contributed by atoms with E-state index in [2.05, 4.69) is 0 Å². The molecule has 0 N–H and O–H groups in total. The Hall–Kier alpha value is -3.93. The molecule has 0 bridgehead atoms. The predicted molar refractivity (Wildman–Crippen MR) is 117 cm³/mol. The summed E-state index contributed by atoms with van der Waals surface area (Å²) in [5.41, 5.74) is 3.20. The van der Waals surface area contributed by atoms with E-state index < -0.39 is 5.97 Å². The van der Waals surface area contributed by atoms with Gasteiger partial charge in [0.15, 0.2) is 0 Å². The summed E-state index contributed by atoms with van der Waals surface area (Å²) in [6, 6.07) is 16.2. The third-order valence-electron chi connectivity index (χ3n) is 5.06. The van der Waals surface area contributed by atoms with E-state index in [-0.39, 0.29) is 0 Å². The van der Waals surface area contributed by atoms with Crippen LogP contribution >= 0.6 is 0 Å². The minimum Gasteiger partial charge on any atom is -0.497 e. The molecule has 31 heavy (non-hydrogen) atoms. The van der Waals surface area contributed by atoms with Crippen molar-refractivity contribution in [3.63, 3.8) is 0 Å². The summed E-state index contributed by atoms with van der Waals surface area (Å²) in [5, 5.41) is 0.620. The first kappa shape index (κ1) is 20.3. The molecule has 0 aliphatic heterocycles. The fourth-order valence-corrected chi connectivity index (χ4v) is 3.42. The summed E-state index contributed by atoms with van der Waals surface area (Å²) in [5.74, 6) is 1.74. The van der Waals surface area contributed by atoms with Crippen LogP contribution in [0.25, 0.3) is 22.1 Å². The van der Waals surface area contributed by atoms with E-state index in [0.29, 0.717) is 45.1 Å². The highest BCUT2D eigenvalue weighted by Crippen LogP contribution is 2.39. The number of esters is 1. The lowest BCUT2D eigenvalue weighted by atomic mass is 9.99. The highest BCUT2D eigenvalue weighted by atomic mass is 16.5.